The Balaban J connectivity index is 1.92. The van der Waals surface area contributed by atoms with E-state index in [0.29, 0.717) is 29.8 Å². The molecule has 0 unspecified atom stereocenters. The number of ether oxygens (including phenoxy) is 1. The lowest BCUT2D eigenvalue weighted by Crippen LogP contribution is -2.32. The van der Waals surface area contributed by atoms with Crippen LogP contribution < -0.4 is 10.1 Å². The number of nitrogens with zero attached hydrogens (tertiary/aromatic N) is 1. The van der Waals surface area contributed by atoms with Gasteiger partial charge in [0, 0.05) is 13.1 Å². The van der Waals surface area contributed by atoms with Crippen LogP contribution in [-0.2, 0) is 10.0 Å². The molecule has 0 aliphatic carbocycles. The van der Waals surface area contributed by atoms with E-state index in [-0.39, 0.29) is 0 Å². The Bertz CT molecular complexity index is 622. The first kappa shape index (κ1) is 14.8. The van der Waals surface area contributed by atoms with Gasteiger partial charge in [0.1, 0.15) is 5.75 Å². The van der Waals surface area contributed by atoms with Crippen molar-refractivity contribution in [1.82, 2.24) is 9.62 Å². The summed E-state index contributed by atoms with van der Waals surface area (Å²) < 4.78 is 32.6. The summed E-state index contributed by atoms with van der Waals surface area (Å²) in [5, 5.41) is 3.33. The summed E-state index contributed by atoms with van der Waals surface area (Å²) in [6, 6.07) is 3.43. The van der Waals surface area contributed by atoms with Crippen LogP contribution in [-0.4, -0.2) is 46.0 Å². The molecule has 1 aromatic rings. The minimum atomic E-state index is -3.40. The number of hydrogen-bond donors (Lipinski definition) is 1. The van der Waals surface area contributed by atoms with E-state index in [4.69, 9.17) is 4.74 Å². The largest absolute Gasteiger partial charge is 0.496 e. The normalized spacial score (nSPS) is 26.0. The van der Waals surface area contributed by atoms with Crippen LogP contribution in [0, 0.1) is 25.7 Å². The summed E-state index contributed by atoms with van der Waals surface area (Å²) >= 11 is 0. The molecule has 5 nitrogen and oxygen atoms in total. The number of aryl methyl sites for hydroxylation is 2. The standard InChI is InChI=1S/C15H22N2O3S/c1-10-4-14(5-11(2)15(10)20-3)21(18,19)17-8-12-6-16-7-13(12)9-17/h4-5,12-13,16H,6-9H2,1-3H3/t12-,13+. The van der Waals surface area contributed by atoms with Crippen molar-refractivity contribution in [2.45, 2.75) is 18.7 Å². The van der Waals surface area contributed by atoms with Crippen LogP contribution in [0.3, 0.4) is 0 Å². The summed E-state index contributed by atoms with van der Waals surface area (Å²) in [5.41, 5.74) is 1.72. The lowest BCUT2D eigenvalue weighted by atomic mass is 10.0. The van der Waals surface area contributed by atoms with Gasteiger partial charge in [-0.05, 0) is 62.0 Å². The molecule has 21 heavy (non-hydrogen) atoms. The van der Waals surface area contributed by atoms with Gasteiger partial charge < -0.3 is 10.1 Å². The summed E-state index contributed by atoms with van der Waals surface area (Å²) in [7, 11) is -1.79. The van der Waals surface area contributed by atoms with Crippen LogP contribution in [0.4, 0.5) is 0 Å². The second-order valence-electron chi connectivity index (χ2n) is 6.09. The SMILES string of the molecule is COc1c(C)cc(S(=O)(=O)N2C[C@H]3CNC[C@H]3C2)cc1C. The zero-order chi connectivity index (χ0) is 15.2. The van der Waals surface area contributed by atoms with Crippen molar-refractivity contribution in [2.75, 3.05) is 33.3 Å². The number of hydrogen-bond acceptors (Lipinski definition) is 4. The van der Waals surface area contributed by atoms with Gasteiger partial charge >= 0.3 is 0 Å². The third-order valence-electron chi connectivity index (χ3n) is 4.63. The Hall–Kier alpha value is -1.11. The number of methoxy groups -OCH3 is 1. The first-order chi connectivity index (χ1) is 9.93. The molecule has 0 spiro atoms. The Morgan fingerprint density at radius 1 is 1.14 bits per heavy atom. The van der Waals surface area contributed by atoms with Crippen LogP contribution in [0.5, 0.6) is 5.75 Å². The molecule has 2 saturated heterocycles. The summed E-state index contributed by atoms with van der Waals surface area (Å²) in [5.74, 6) is 1.68. The molecule has 1 N–H and O–H groups in total. The minimum absolute atomic E-state index is 0.381. The van der Waals surface area contributed by atoms with E-state index in [1.54, 1.807) is 23.5 Å². The van der Waals surface area contributed by atoms with Gasteiger partial charge in [-0.15, -0.1) is 0 Å². The fourth-order valence-electron chi connectivity index (χ4n) is 3.54. The van der Waals surface area contributed by atoms with Crippen LogP contribution in [0.25, 0.3) is 0 Å². The van der Waals surface area contributed by atoms with Gasteiger partial charge in [-0.2, -0.15) is 4.31 Å². The molecular formula is C15H22N2O3S. The highest BCUT2D eigenvalue weighted by Crippen LogP contribution is 2.33. The van der Waals surface area contributed by atoms with Gasteiger partial charge in [0.05, 0.1) is 12.0 Å². The predicted octanol–water partition coefficient (Wildman–Crippen LogP) is 1.15. The van der Waals surface area contributed by atoms with Crippen LogP contribution in [0.1, 0.15) is 11.1 Å². The highest BCUT2D eigenvalue weighted by Gasteiger charge is 2.41. The number of fused-ring (bicyclic) bond motifs is 1. The zero-order valence-corrected chi connectivity index (χ0v) is 13.5. The third-order valence-corrected chi connectivity index (χ3v) is 6.44. The molecule has 116 valence electrons. The molecule has 2 aliphatic heterocycles. The lowest BCUT2D eigenvalue weighted by molar-refractivity contribution is 0.407. The van der Waals surface area contributed by atoms with Crippen molar-refractivity contribution in [3.05, 3.63) is 23.3 Å². The summed E-state index contributed by atoms with van der Waals surface area (Å²) in [6.07, 6.45) is 0. The number of nitrogens with one attached hydrogen (secondary N) is 1. The molecule has 0 bridgehead atoms. The van der Waals surface area contributed by atoms with E-state index >= 15 is 0 Å². The third kappa shape index (κ3) is 2.45. The predicted molar refractivity (Wildman–Crippen MR) is 81.1 cm³/mol. The molecule has 2 fully saturated rings. The van der Waals surface area contributed by atoms with Gasteiger partial charge in [0.15, 0.2) is 0 Å². The molecule has 0 amide bonds. The molecule has 0 radical (unpaired) electrons. The summed E-state index contributed by atoms with van der Waals surface area (Å²) in [4.78, 5) is 0.381. The maximum Gasteiger partial charge on any atom is 0.243 e. The molecule has 0 saturated carbocycles. The molecular weight excluding hydrogens is 288 g/mol. The Morgan fingerprint density at radius 2 is 1.67 bits per heavy atom. The Kier molecular flexibility index (Phi) is 3.71. The quantitative estimate of drug-likeness (QED) is 0.910. The van der Waals surface area contributed by atoms with E-state index in [1.807, 2.05) is 13.8 Å². The van der Waals surface area contributed by atoms with E-state index in [9.17, 15) is 8.42 Å². The topological polar surface area (TPSA) is 58.6 Å². The van der Waals surface area contributed by atoms with Crippen LogP contribution in [0.15, 0.2) is 17.0 Å². The maximum absolute atomic E-state index is 12.8. The van der Waals surface area contributed by atoms with Gasteiger partial charge in [-0.25, -0.2) is 8.42 Å². The monoisotopic (exact) mass is 310 g/mol. The Morgan fingerprint density at radius 3 is 2.14 bits per heavy atom. The van der Waals surface area contributed by atoms with Gasteiger partial charge in [0.2, 0.25) is 10.0 Å². The first-order valence-electron chi connectivity index (χ1n) is 7.29. The highest BCUT2D eigenvalue weighted by atomic mass is 32.2. The van der Waals surface area contributed by atoms with Crippen LogP contribution >= 0.6 is 0 Å². The molecule has 1 aromatic carbocycles. The second kappa shape index (κ2) is 5.26. The van der Waals surface area contributed by atoms with Crippen molar-refractivity contribution in [1.29, 1.82) is 0 Å². The van der Waals surface area contributed by atoms with Crippen molar-refractivity contribution in [3.8, 4) is 5.75 Å². The van der Waals surface area contributed by atoms with Crippen molar-refractivity contribution >= 4 is 10.0 Å². The van der Waals surface area contributed by atoms with Crippen molar-refractivity contribution in [2.24, 2.45) is 11.8 Å². The van der Waals surface area contributed by atoms with E-state index < -0.39 is 10.0 Å². The Labute approximate surface area is 126 Å². The molecule has 3 rings (SSSR count). The van der Waals surface area contributed by atoms with Gasteiger partial charge in [-0.3, -0.25) is 0 Å². The second-order valence-corrected chi connectivity index (χ2v) is 8.03. The lowest BCUT2D eigenvalue weighted by Gasteiger charge is -2.19. The zero-order valence-electron chi connectivity index (χ0n) is 12.7. The maximum atomic E-state index is 12.8. The molecule has 2 aliphatic rings. The van der Waals surface area contributed by atoms with Gasteiger partial charge in [0.25, 0.3) is 0 Å². The smallest absolute Gasteiger partial charge is 0.243 e. The van der Waals surface area contributed by atoms with Gasteiger partial charge in [-0.1, -0.05) is 0 Å². The van der Waals surface area contributed by atoms with Crippen molar-refractivity contribution < 1.29 is 13.2 Å². The fourth-order valence-corrected chi connectivity index (χ4v) is 5.26. The molecule has 0 aromatic heterocycles. The van der Waals surface area contributed by atoms with Crippen LogP contribution in [0.2, 0.25) is 0 Å². The molecule has 2 atom stereocenters. The fraction of sp³-hybridized carbons (Fsp3) is 0.600. The number of sulfonamides is 1. The molecule has 2 heterocycles. The van der Waals surface area contributed by atoms with E-state index in [0.717, 1.165) is 30.0 Å². The number of rotatable bonds is 3. The minimum Gasteiger partial charge on any atom is -0.496 e. The average Bonchev–Trinajstić information content (AvgIpc) is 2.99. The average molecular weight is 310 g/mol. The van der Waals surface area contributed by atoms with E-state index in [2.05, 4.69) is 5.32 Å². The molecule has 6 heteroatoms. The first-order valence-corrected chi connectivity index (χ1v) is 8.73. The van der Waals surface area contributed by atoms with E-state index in [1.165, 1.54) is 0 Å². The summed E-state index contributed by atoms with van der Waals surface area (Å²) in [6.45, 7) is 6.88. The highest BCUT2D eigenvalue weighted by molar-refractivity contribution is 7.89. The van der Waals surface area contributed by atoms with Crippen molar-refractivity contribution in [3.63, 3.8) is 0 Å². The number of benzene rings is 1.